The first-order valence-electron chi connectivity index (χ1n) is 11.3. The topological polar surface area (TPSA) is 58.6 Å². The van der Waals surface area contributed by atoms with Crippen molar-refractivity contribution in [3.8, 4) is 5.75 Å². The van der Waals surface area contributed by atoms with E-state index in [0.717, 1.165) is 17.7 Å². The van der Waals surface area contributed by atoms with Crippen LogP contribution in [0.1, 0.15) is 57.6 Å². The van der Waals surface area contributed by atoms with Gasteiger partial charge in [0.25, 0.3) is 0 Å². The molecule has 0 aliphatic heterocycles. The van der Waals surface area contributed by atoms with Gasteiger partial charge in [0.2, 0.25) is 11.8 Å². The number of carbonyl (C=O) groups is 2. The predicted molar refractivity (Wildman–Crippen MR) is 125 cm³/mol. The first kappa shape index (κ1) is 24.4. The average molecular weight is 425 g/mol. The number of benzene rings is 2. The molecular weight excluding hydrogens is 388 g/mol. The fraction of sp³-hybridized carbons (Fsp3) is 0.462. The van der Waals surface area contributed by atoms with Gasteiger partial charge in [-0.15, -0.1) is 0 Å². The molecular formula is C26H36N2O3. The molecule has 1 N–H and O–H groups in total. The van der Waals surface area contributed by atoms with Gasteiger partial charge in [0.05, 0.1) is 6.61 Å². The number of nitrogens with one attached hydrogen (secondary N) is 1. The normalized spacial score (nSPS) is 12.6. The van der Waals surface area contributed by atoms with E-state index in [4.69, 9.17) is 4.74 Å². The molecule has 0 bridgehead atoms. The van der Waals surface area contributed by atoms with Crippen LogP contribution in [0.15, 0.2) is 54.6 Å². The molecule has 5 nitrogen and oxygen atoms in total. The molecule has 0 fully saturated rings. The lowest BCUT2D eigenvalue weighted by Crippen LogP contribution is -2.50. The summed E-state index contributed by atoms with van der Waals surface area (Å²) in [5.74, 6) is 0.693. The van der Waals surface area contributed by atoms with Crippen molar-refractivity contribution in [1.82, 2.24) is 10.2 Å². The third-order valence-corrected chi connectivity index (χ3v) is 5.41. The highest BCUT2D eigenvalue weighted by molar-refractivity contribution is 5.87. The van der Waals surface area contributed by atoms with Crippen molar-refractivity contribution < 1.29 is 14.3 Å². The van der Waals surface area contributed by atoms with E-state index >= 15 is 0 Å². The second-order valence-corrected chi connectivity index (χ2v) is 8.01. The van der Waals surface area contributed by atoms with Gasteiger partial charge >= 0.3 is 0 Å². The van der Waals surface area contributed by atoms with Crippen LogP contribution in [0.3, 0.4) is 0 Å². The van der Waals surface area contributed by atoms with E-state index < -0.39 is 6.04 Å². The van der Waals surface area contributed by atoms with Crippen LogP contribution in [-0.4, -0.2) is 35.4 Å². The maximum absolute atomic E-state index is 13.2. The third kappa shape index (κ3) is 8.08. The molecule has 0 aromatic heterocycles. The lowest BCUT2D eigenvalue weighted by atomic mass is 10.1. The molecule has 31 heavy (non-hydrogen) atoms. The van der Waals surface area contributed by atoms with Gasteiger partial charge in [-0.2, -0.15) is 0 Å². The standard InChI is InChI=1S/C26H36N2O3/c1-5-21(4)27-26(30)24(6-2)28(19-22-11-8-7-9-12-22)25(29)13-10-18-31-23-16-14-20(3)15-17-23/h7-9,11-12,14-17,21,24H,5-6,10,13,18-19H2,1-4H3,(H,27,30)/t21-,24-/m0/s1. The van der Waals surface area contributed by atoms with Crippen molar-refractivity contribution in [2.75, 3.05) is 6.61 Å². The Labute approximate surface area is 186 Å². The summed E-state index contributed by atoms with van der Waals surface area (Å²) in [5.41, 5.74) is 2.20. The monoisotopic (exact) mass is 424 g/mol. The van der Waals surface area contributed by atoms with E-state index in [0.29, 0.717) is 32.4 Å². The highest BCUT2D eigenvalue weighted by Gasteiger charge is 2.28. The summed E-state index contributed by atoms with van der Waals surface area (Å²) in [6.45, 7) is 8.88. The number of carbonyl (C=O) groups excluding carboxylic acids is 2. The summed E-state index contributed by atoms with van der Waals surface area (Å²) < 4.78 is 5.76. The number of hydrogen-bond donors (Lipinski definition) is 1. The van der Waals surface area contributed by atoms with Crippen molar-refractivity contribution in [2.24, 2.45) is 0 Å². The van der Waals surface area contributed by atoms with Gasteiger partial charge in [0.1, 0.15) is 11.8 Å². The van der Waals surface area contributed by atoms with Crippen LogP contribution in [0, 0.1) is 6.92 Å². The Morgan fingerprint density at radius 2 is 1.68 bits per heavy atom. The number of hydrogen-bond acceptors (Lipinski definition) is 3. The second kappa shape index (κ2) is 12.8. The van der Waals surface area contributed by atoms with E-state index in [-0.39, 0.29) is 17.9 Å². The lowest BCUT2D eigenvalue weighted by Gasteiger charge is -2.31. The molecule has 0 spiro atoms. The highest BCUT2D eigenvalue weighted by Crippen LogP contribution is 2.16. The average Bonchev–Trinajstić information content (AvgIpc) is 2.78. The number of ether oxygens (including phenoxy) is 1. The summed E-state index contributed by atoms with van der Waals surface area (Å²) >= 11 is 0. The minimum Gasteiger partial charge on any atom is -0.494 e. The first-order chi connectivity index (χ1) is 14.9. The molecule has 2 aromatic rings. The quantitative estimate of drug-likeness (QED) is 0.494. The van der Waals surface area contributed by atoms with Gasteiger partial charge in [-0.1, -0.05) is 61.9 Å². The fourth-order valence-electron chi connectivity index (χ4n) is 3.33. The summed E-state index contributed by atoms with van der Waals surface area (Å²) in [6, 6.07) is 17.3. The Morgan fingerprint density at radius 3 is 2.29 bits per heavy atom. The lowest BCUT2D eigenvalue weighted by molar-refractivity contribution is -0.141. The zero-order valence-corrected chi connectivity index (χ0v) is 19.3. The molecule has 0 radical (unpaired) electrons. The van der Waals surface area contributed by atoms with Crippen molar-refractivity contribution >= 4 is 11.8 Å². The summed E-state index contributed by atoms with van der Waals surface area (Å²) in [5, 5.41) is 3.04. The Hall–Kier alpha value is -2.82. The number of nitrogens with zero attached hydrogens (tertiary/aromatic N) is 1. The molecule has 0 saturated heterocycles. The third-order valence-electron chi connectivity index (χ3n) is 5.41. The predicted octanol–water partition coefficient (Wildman–Crippen LogP) is 4.88. The van der Waals surface area contributed by atoms with Crippen molar-refractivity contribution in [1.29, 1.82) is 0 Å². The van der Waals surface area contributed by atoms with Gasteiger partial charge in [-0.25, -0.2) is 0 Å². The first-order valence-corrected chi connectivity index (χ1v) is 11.3. The molecule has 2 amide bonds. The zero-order valence-electron chi connectivity index (χ0n) is 19.3. The van der Waals surface area contributed by atoms with E-state index in [1.54, 1.807) is 4.90 Å². The maximum Gasteiger partial charge on any atom is 0.243 e. The van der Waals surface area contributed by atoms with Gasteiger partial charge in [0, 0.05) is 19.0 Å². The van der Waals surface area contributed by atoms with Crippen LogP contribution >= 0.6 is 0 Å². The summed E-state index contributed by atoms with van der Waals surface area (Å²) in [4.78, 5) is 27.8. The molecule has 168 valence electrons. The summed E-state index contributed by atoms with van der Waals surface area (Å²) in [7, 11) is 0. The molecule has 0 saturated carbocycles. The van der Waals surface area contributed by atoms with Gasteiger partial charge in [-0.05, 0) is 50.8 Å². The van der Waals surface area contributed by atoms with E-state index in [2.05, 4.69) is 5.32 Å². The largest absolute Gasteiger partial charge is 0.494 e. The van der Waals surface area contributed by atoms with Crippen LogP contribution in [0.2, 0.25) is 0 Å². The molecule has 5 heteroatoms. The summed E-state index contributed by atoms with van der Waals surface area (Å²) in [6.07, 6.45) is 2.36. The Bertz CT molecular complexity index is 805. The van der Waals surface area contributed by atoms with Crippen LogP contribution in [0.4, 0.5) is 0 Å². The van der Waals surface area contributed by atoms with Crippen molar-refractivity contribution in [3.05, 3.63) is 65.7 Å². The molecule has 0 heterocycles. The van der Waals surface area contributed by atoms with E-state index in [1.807, 2.05) is 82.3 Å². The fourth-order valence-corrected chi connectivity index (χ4v) is 3.33. The van der Waals surface area contributed by atoms with E-state index in [1.165, 1.54) is 5.56 Å². The molecule has 0 aliphatic rings. The second-order valence-electron chi connectivity index (χ2n) is 8.01. The number of aryl methyl sites for hydroxylation is 1. The van der Waals surface area contributed by atoms with Crippen molar-refractivity contribution in [2.45, 2.75) is 72.0 Å². The number of amides is 2. The SMILES string of the molecule is CC[C@H](C)NC(=O)[C@H](CC)N(Cc1ccccc1)C(=O)CCCOc1ccc(C)cc1. The van der Waals surface area contributed by atoms with Gasteiger partial charge in [-0.3, -0.25) is 9.59 Å². The Morgan fingerprint density at radius 1 is 1.00 bits per heavy atom. The van der Waals surface area contributed by atoms with Crippen LogP contribution in [0.25, 0.3) is 0 Å². The van der Waals surface area contributed by atoms with Crippen LogP contribution in [-0.2, 0) is 16.1 Å². The minimum absolute atomic E-state index is 0.0255. The van der Waals surface area contributed by atoms with Gasteiger partial charge in [0.15, 0.2) is 0 Å². The number of rotatable bonds is 12. The Kier molecular flexibility index (Phi) is 10.1. The minimum atomic E-state index is -0.486. The highest BCUT2D eigenvalue weighted by atomic mass is 16.5. The molecule has 2 aromatic carbocycles. The van der Waals surface area contributed by atoms with Crippen LogP contribution < -0.4 is 10.1 Å². The van der Waals surface area contributed by atoms with E-state index in [9.17, 15) is 9.59 Å². The van der Waals surface area contributed by atoms with Crippen molar-refractivity contribution in [3.63, 3.8) is 0 Å². The maximum atomic E-state index is 13.2. The van der Waals surface area contributed by atoms with Gasteiger partial charge < -0.3 is 15.0 Å². The zero-order chi connectivity index (χ0) is 22.6. The molecule has 0 unspecified atom stereocenters. The Balaban J connectivity index is 2.02. The molecule has 2 rings (SSSR count). The smallest absolute Gasteiger partial charge is 0.243 e. The molecule has 2 atom stereocenters. The van der Waals surface area contributed by atoms with Crippen LogP contribution in [0.5, 0.6) is 5.75 Å². The molecule has 0 aliphatic carbocycles.